The summed E-state index contributed by atoms with van der Waals surface area (Å²) >= 11 is 0. The van der Waals surface area contributed by atoms with Gasteiger partial charge in [-0.25, -0.2) is 0 Å². The van der Waals surface area contributed by atoms with E-state index >= 15 is 0 Å². The second-order valence-electron chi connectivity index (χ2n) is 4.32. The Morgan fingerprint density at radius 3 is 2.83 bits per heavy atom. The van der Waals surface area contributed by atoms with E-state index in [0.717, 1.165) is 13.1 Å². The molecule has 1 aromatic heterocycles. The monoisotopic (exact) mass is 254 g/mol. The minimum absolute atomic E-state index is 0.102. The molecule has 0 spiro atoms. The zero-order valence-electron chi connectivity index (χ0n) is 11.3. The number of methoxy groups -OCH3 is 1. The number of anilines is 1. The molecule has 0 aromatic carbocycles. The summed E-state index contributed by atoms with van der Waals surface area (Å²) in [5.41, 5.74) is 6.80. The van der Waals surface area contributed by atoms with Gasteiger partial charge in [-0.15, -0.1) is 0 Å². The predicted molar refractivity (Wildman–Crippen MR) is 71.5 cm³/mol. The third-order valence-corrected chi connectivity index (χ3v) is 2.71. The molecule has 0 bridgehead atoms. The van der Waals surface area contributed by atoms with Gasteiger partial charge < -0.3 is 25.3 Å². The van der Waals surface area contributed by atoms with Crippen molar-refractivity contribution in [1.82, 2.24) is 14.8 Å². The first-order valence-corrected chi connectivity index (χ1v) is 5.92. The molecule has 0 atom stereocenters. The van der Waals surface area contributed by atoms with E-state index in [0.29, 0.717) is 24.5 Å². The lowest BCUT2D eigenvalue weighted by molar-refractivity contribution is 0.0939. The van der Waals surface area contributed by atoms with Gasteiger partial charge in [-0.3, -0.25) is 4.79 Å². The fraction of sp³-hybridized carbons (Fsp3) is 0.583. The summed E-state index contributed by atoms with van der Waals surface area (Å²) in [5, 5.41) is 2.86. The van der Waals surface area contributed by atoms with Crippen molar-refractivity contribution in [2.45, 2.75) is 0 Å². The molecule has 3 N–H and O–H groups in total. The second-order valence-corrected chi connectivity index (χ2v) is 4.32. The van der Waals surface area contributed by atoms with Crippen molar-refractivity contribution in [3.05, 3.63) is 18.0 Å². The number of nitrogens with zero attached hydrogens (tertiary/aromatic N) is 2. The van der Waals surface area contributed by atoms with E-state index in [1.54, 1.807) is 31.0 Å². The number of amides is 1. The lowest BCUT2D eigenvalue weighted by Crippen LogP contribution is -2.34. The zero-order chi connectivity index (χ0) is 13.5. The van der Waals surface area contributed by atoms with Crippen LogP contribution in [0.3, 0.4) is 0 Å². The number of aromatic nitrogens is 1. The van der Waals surface area contributed by atoms with Gasteiger partial charge in [0, 0.05) is 40.0 Å². The van der Waals surface area contributed by atoms with Crippen LogP contribution in [0, 0.1) is 0 Å². The van der Waals surface area contributed by atoms with Gasteiger partial charge in [-0.2, -0.15) is 0 Å². The number of hydrogen-bond acceptors (Lipinski definition) is 4. The molecule has 1 rings (SSSR count). The van der Waals surface area contributed by atoms with Crippen molar-refractivity contribution < 1.29 is 9.53 Å². The molecule has 0 fully saturated rings. The van der Waals surface area contributed by atoms with Crippen LogP contribution in [0.5, 0.6) is 0 Å². The maximum Gasteiger partial charge on any atom is 0.268 e. The van der Waals surface area contributed by atoms with Gasteiger partial charge >= 0.3 is 0 Å². The van der Waals surface area contributed by atoms with Gasteiger partial charge in [0.05, 0.1) is 12.3 Å². The maximum absolute atomic E-state index is 11.8. The molecule has 0 aliphatic carbocycles. The predicted octanol–water partition coefficient (Wildman–Crippen LogP) is -0.0847. The topological polar surface area (TPSA) is 72.5 Å². The van der Waals surface area contributed by atoms with Gasteiger partial charge in [-0.05, 0) is 13.1 Å². The summed E-state index contributed by atoms with van der Waals surface area (Å²) in [6, 6.07) is 1.67. The molecular weight excluding hydrogens is 232 g/mol. The van der Waals surface area contributed by atoms with E-state index in [1.807, 2.05) is 7.05 Å². The van der Waals surface area contributed by atoms with E-state index in [2.05, 4.69) is 10.2 Å². The number of nitrogen functional groups attached to an aromatic ring is 1. The Morgan fingerprint density at radius 2 is 2.28 bits per heavy atom. The first-order chi connectivity index (χ1) is 8.54. The van der Waals surface area contributed by atoms with Crippen molar-refractivity contribution in [2.24, 2.45) is 7.05 Å². The van der Waals surface area contributed by atoms with Crippen molar-refractivity contribution in [1.29, 1.82) is 0 Å². The molecule has 6 heteroatoms. The molecular formula is C12H22N4O2. The molecule has 0 radical (unpaired) electrons. The minimum atomic E-state index is -0.102. The number of ether oxygens (including phenoxy) is 1. The van der Waals surface area contributed by atoms with E-state index in [4.69, 9.17) is 10.5 Å². The maximum atomic E-state index is 11.8. The van der Waals surface area contributed by atoms with Crippen molar-refractivity contribution in [2.75, 3.05) is 46.1 Å². The van der Waals surface area contributed by atoms with Crippen LogP contribution < -0.4 is 11.1 Å². The smallest absolute Gasteiger partial charge is 0.268 e. The third kappa shape index (κ3) is 4.38. The van der Waals surface area contributed by atoms with Gasteiger partial charge in [-0.1, -0.05) is 0 Å². The lowest BCUT2D eigenvalue weighted by atomic mass is 10.4. The summed E-state index contributed by atoms with van der Waals surface area (Å²) in [4.78, 5) is 13.9. The SMILES string of the molecule is COCCN(C)CCNC(=O)c1cc(N)cn1C. The standard InChI is InChI=1S/C12H22N4O2/c1-15(6-7-18-3)5-4-14-12(17)11-8-10(13)9-16(11)2/h8-9H,4-7,13H2,1-3H3,(H,14,17). The Morgan fingerprint density at radius 1 is 1.56 bits per heavy atom. The normalized spacial score (nSPS) is 10.9. The van der Waals surface area contributed by atoms with E-state index in [-0.39, 0.29) is 5.91 Å². The molecule has 0 saturated carbocycles. The zero-order valence-corrected chi connectivity index (χ0v) is 11.3. The number of carbonyl (C=O) groups excluding carboxylic acids is 1. The Hall–Kier alpha value is -1.53. The quantitative estimate of drug-likeness (QED) is 0.713. The van der Waals surface area contributed by atoms with Crippen molar-refractivity contribution in [3.8, 4) is 0 Å². The third-order valence-electron chi connectivity index (χ3n) is 2.71. The highest BCUT2D eigenvalue weighted by molar-refractivity contribution is 5.93. The number of aryl methyl sites for hydroxylation is 1. The van der Waals surface area contributed by atoms with Crippen molar-refractivity contribution in [3.63, 3.8) is 0 Å². The van der Waals surface area contributed by atoms with E-state index in [9.17, 15) is 4.79 Å². The molecule has 6 nitrogen and oxygen atoms in total. The van der Waals surface area contributed by atoms with Crippen LogP contribution in [0.4, 0.5) is 5.69 Å². The highest BCUT2D eigenvalue weighted by Gasteiger charge is 2.10. The highest BCUT2D eigenvalue weighted by atomic mass is 16.5. The fourth-order valence-electron chi connectivity index (χ4n) is 1.63. The number of rotatable bonds is 7. The number of nitrogens with one attached hydrogen (secondary N) is 1. The Labute approximate surface area is 108 Å². The highest BCUT2D eigenvalue weighted by Crippen LogP contribution is 2.07. The number of carbonyl (C=O) groups is 1. The lowest BCUT2D eigenvalue weighted by Gasteiger charge is -2.16. The van der Waals surface area contributed by atoms with E-state index < -0.39 is 0 Å². The number of hydrogen-bond donors (Lipinski definition) is 2. The summed E-state index contributed by atoms with van der Waals surface area (Å²) in [6.45, 7) is 2.93. The molecule has 102 valence electrons. The van der Waals surface area contributed by atoms with Gasteiger partial charge in [0.2, 0.25) is 0 Å². The summed E-state index contributed by atoms with van der Waals surface area (Å²) in [7, 11) is 5.47. The minimum Gasteiger partial charge on any atom is -0.397 e. The van der Waals surface area contributed by atoms with Crippen LogP contribution in [-0.2, 0) is 11.8 Å². The van der Waals surface area contributed by atoms with E-state index in [1.165, 1.54) is 0 Å². The molecule has 0 unspecified atom stereocenters. The largest absolute Gasteiger partial charge is 0.397 e. The Balaban J connectivity index is 2.31. The van der Waals surface area contributed by atoms with Crippen LogP contribution in [0.25, 0.3) is 0 Å². The number of nitrogens with two attached hydrogens (primary N) is 1. The Bertz CT molecular complexity index is 389. The fourth-order valence-corrected chi connectivity index (χ4v) is 1.63. The van der Waals surface area contributed by atoms with Gasteiger partial charge in [0.25, 0.3) is 5.91 Å². The first kappa shape index (κ1) is 14.5. The van der Waals surface area contributed by atoms with Gasteiger partial charge in [0.15, 0.2) is 0 Å². The molecule has 18 heavy (non-hydrogen) atoms. The second kappa shape index (κ2) is 7.03. The molecule has 1 aromatic rings. The molecule has 1 amide bonds. The average Bonchev–Trinajstić information content (AvgIpc) is 2.65. The van der Waals surface area contributed by atoms with Crippen LogP contribution in [-0.4, -0.2) is 55.8 Å². The van der Waals surface area contributed by atoms with Crippen LogP contribution in [0.2, 0.25) is 0 Å². The average molecular weight is 254 g/mol. The van der Waals surface area contributed by atoms with Gasteiger partial charge in [0.1, 0.15) is 5.69 Å². The molecule has 1 heterocycles. The summed E-state index contributed by atoms with van der Waals surface area (Å²) < 4.78 is 6.70. The number of likely N-dealkylation sites (N-methyl/N-ethyl adjacent to an activating group) is 1. The summed E-state index contributed by atoms with van der Waals surface area (Å²) in [6.07, 6.45) is 1.72. The van der Waals surface area contributed by atoms with Crippen LogP contribution in [0.15, 0.2) is 12.3 Å². The Kier molecular flexibility index (Phi) is 5.67. The summed E-state index contributed by atoms with van der Waals surface area (Å²) in [5.74, 6) is -0.102. The molecule has 0 aliphatic heterocycles. The molecule has 0 saturated heterocycles. The molecule has 0 aliphatic rings. The van der Waals surface area contributed by atoms with Crippen LogP contribution in [0.1, 0.15) is 10.5 Å². The van der Waals surface area contributed by atoms with Crippen molar-refractivity contribution >= 4 is 11.6 Å². The van der Waals surface area contributed by atoms with Crippen LogP contribution >= 0.6 is 0 Å². The first-order valence-electron chi connectivity index (χ1n) is 5.92.